The minimum atomic E-state index is -0.400. The molecule has 0 unspecified atom stereocenters. The summed E-state index contributed by atoms with van der Waals surface area (Å²) in [6, 6.07) is 10.5. The topological polar surface area (TPSA) is 104 Å². The predicted octanol–water partition coefficient (Wildman–Crippen LogP) is 4.21. The van der Waals surface area contributed by atoms with Gasteiger partial charge in [-0.15, -0.1) is 0 Å². The van der Waals surface area contributed by atoms with E-state index in [0.717, 1.165) is 48.0 Å². The summed E-state index contributed by atoms with van der Waals surface area (Å²) in [5.41, 5.74) is 4.89. The Kier molecular flexibility index (Phi) is 7.82. The molecule has 1 aromatic carbocycles. The largest absolute Gasteiger partial charge is 0.389 e. The summed E-state index contributed by atoms with van der Waals surface area (Å²) in [6.45, 7) is 11.9. The first kappa shape index (κ1) is 30.0. The minimum absolute atomic E-state index is 0.0663. The van der Waals surface area contributed by atoms with E-state index >= 15 is 0 Å². The Labute approximate surface area is 260 Å². The van der Waals surface area contributed by atoms with Crippen molar-refractivity contribution in [1.82, 2.24) is 24.2 Å². The van der Waals surface area contributed by atoms with Gasteiger partial charge in [-0.25, -0.2) is 14.4 Å². The number of aliphatic hydroxyl groups is 1. The number of carbonyl (C=O) groups is 1. The first-order valence-electron chi connectivity index (χ1n) is 14.9. The molecule has 0 saturated carbocycles. The fourth-order valence-corrected chi connectivity index (χ4v) is 6.99. The lowest BCUT2D eigenvalue weighted by molar-refractivity contribution is -0.144. The normalized spacial score (nSPS) is 17.1. The second-order valence-corrected chi connectivity index (χ2v) is 13.2. The van der Waals surface area contributed by atoms with Gasteiger partial charge in [0.05, 0.1) is 24.0 Å². The number of amides is 1. The van der Waals surface area contributed by atoms with E-state index in [2.05, 4.69) is 60.2 Å². The lowest BCUT2D eigenvalue weighted by atomic mass is 9.98. The molecule has 10 nitrogen and oxygen atoms in total. The number of rotatable bonds is 7. The predicted molar refractivity (Wildman–Crippen MR) is 170 cm³/mol. The fourth-order valence-electron chi connectivity index (χ4n) is 6.14. The lowest BCUT2D eigenvalue weighted by Crippen LogP contribution is -2.63. The number of hydrogen-bond donors (Lipinski definition) is 1. The zero-order chi connectivity index (χ0) is 31.3. The van der Waals surface area contributed by atoms with Gasteiger partial charge >= 0.3 is 0 Å². The average molecular weight is 617 g/mol. The molecule has 6 rings (SSSR count). The van der Waals surface area contributed by atoms with Gasteiger partial charge in [0.15, 0.2) is 5.13 Å². The number of hydrogen-bond acceptors (Lipinski definition) is 9. The second kappa shape index (κ2) is 11.5. The number of aliphatic hydroxyl groups excluding tert-OH is 1. The Hall–Kier alpha value is -4.05. The van der Waals surface area contributed by atoms with E-state index in [1.54, 1.807) is 17.0 Å². The number of nitrogens with zero attached hydrogens (tertiary/aromatic N) is 8. The summed E-state index contributed by atoms with van der Waals surface area (Å²) in [6.07, 6.45) is 2.44. The van der Waals surface area contributed by atoms with Crippen LogP contribution in [-0.2, 0) is 11.2 Å². The maximum Gasteiger partial charge on any atom is 0.236 e. The smallest absolute Gasteiger partial charge is 0.236 e. The molecule has 2 aliphatic rings. The molecule has 1 amide bonds. The standard InChI is InChI=1S/C32H37FN8O2S/c1-6-25-30(37(5)31-36-28(26(14-34)44-31)21-7-9-22(33)10-8-21)41-15-23(13-20(2)29(41)35-25)38-11-12-40(32(3,4)19-38)18-27(43)39-16-24(42)17-39/h7-10,13,15,24,42H,6,11-12,16-19H2,1-5H3. The SMILES string of the molecule is CCc1nc2c(C)cc(N3CCN(CC(=O)N4CC(O)C4)C(C)(C)C3)cn2c1N(C)c1nc(-c2ccc(F)cc2)c(C#N)s1. The summed E-state index contributed by atoms with van der Waals surface area (Å²) in [7, 11) is 1.94. The van der Waals surface area contributed by atoms with Gasteiger partial charge in [0.1, 0.15) is 33.9 Å². The molecule has 4 aromatic rings. The zero-order valence-corrected chi connectivity index (χ0v) is 26.5. The van der Waals surface area contributed by atoms with Crippen LogP contribution in [0.5, 0.6) is 0 Å². The van der Waals surface area contributed by atoms with Crippen molar-refractivity contribution < 1.29 is 14.3 Å². The lowest BCUT2D eigenvalue weighted by Gasteiger charge is -2.48. The number of benzene rings is 1. The quantitative estimate of drug-likeness (QED) is 0.330. The number of thiazole rings is 1. The van der Waals surface area contributed by atoms with Gasteiger partial charge in [-0.2, -0.15) is 5.26 Å². The Balaban J connectivity index is 1.30. The molecule has 0 radical (unpaired) electrons. The van der Waals surface area contributed by atoms with Gasteiger partial charge in [-0.3, -0.25) is 14.1 Å². The molecule has 1 N–H and O–H groups in total. The van der Waals surface area contributed by atoms with Crippen LogP contribution in [0.15, 0.2) is 36.5 Å². The van der Waals surface area contributed by atoms with Gasteiger partial charge in [-0.1, -0.05) is 18.3 Å². The summed E-state index contributed by atoms with van der Waals surface area (Å²) in [5.74, 6) is 0.614. The van der Waals surface area contributed by atoms with Crippen LogP contribution in [0.25, 0.3) is 16.9 Å². The number of anilines is 3. The van der Waals surface area contributed by atoms with Crippen molar-refractivity contribution in [1.29, 1.82) is 5.26 Å². The van der Waals surface area contributed by atoms with E-state index in [9.17, 15) is 19.6 Å². The van der Waals surface area contributed by atoms with Crippen molar-refractivity contribution >= 4 is 39.5 Å². The molecular formula is C32H37FN8O2S. The molecule has 230 valence electrons. The van der Waals surface area contributed by atoms with E-state index in [1.807, 2.05) is 11.9 Å². The van der Waals surface area contributed by atoms with E-state index in [4.69, 9.17) is 9.97 Å². The Morgan fingerprint density at radius 2 is 1.95 bits per heavy atom. The summed E-state index contributed by atoms with van der Waals surface area (Å²) < 4.78 is 15.7. The minimum Gasteiger partial charge on any atom is -0.389 e. The molecule has 44 heavy (non-hydrogen) atoms. The number of carbonyl (C=O) groups excluding carboxylic acids is 1. The molecule has 2 saturated heterocycles. The number of aromatic nitrogens is 3. The van der Waals surface area contributed by atoms with E-state index < -0.39 is 6.10 Å². The van der Waals surface area contributed by atoms with Crippen LogP contribution in [0.1, 0.15) is 36.9 Å². The van der Waals surface area contributed by atoms with Crippen molar-refractivity contribution in [2.24, 2.45) is 0 Å². The highest BCUT2D eigenvalue weighted by Crippen LogP contribution is 2.38. The number of aryl methyl sites for hydroxylation is 2. The third kappa shape index (κ3) is 5.40. The monoisotopic (exact) mass is 616 g/mol. The van der Waals surface area contributed by atoms with Crippen LogP contribution >= 0.6 is 11.3 Å². The summed E-state index contributed by atoms with van der Waals surface area (Å²) >= 11 is 1.30. The highest BCUT2D eigenvalue weighted by atomic mass is 32.1. The summed E-state index contributed by atoms with van der Waals surface area (Å²) in [4.78, 5) is 31.4. The number of likely N-dealkylation sites (tertiary alicyclic amines) is 1. The highest BCUT2D eigenvalue weighted by Gasteiger charge is 2.38. The number of halogens is 1. The number of fused-ring (bicyclic) bond motifs is 1. The van der Waals surface area contributed by atoms with Crippen LogP contribution in [0.3, 0.4) is 0 Å². The number of piperazine rings is 1. The molecule has 3 aromatic heterocycles. The first-order valence-corrected chi connectivity index (χ1v) is 15.7. The molecule has 0 aliphatic carbocycles. The van der Waals surface area contributed by atoms with Crippen molar-refractivity contribution in [3.8, 4) is 17.3 Å². The maximum atomic E-state index is 13.6. The number of β-amino-alcohol motifs (C(OH)–C–C–N with tert-alkyl or cyclic N) is 1. The van der Waals surface area contributed by atoms with Gasteiger partial charge in [0, 0.05) is 57.1 Å². The Morgan fingerprint density at radius 3 is 2.59 bits per heavy atom. The van der Waals surface area contributed by atoms with Crippen LogP contribution in [0.2, 0.25) is 0 Å². The van der Waals surface area contributed by atoms with Crippen molar-refractivity contribution in [3.63, 3.8) is 0 Å². The van der Waals surface area contributed by atoms with Gasteiger partial charge < -0.3 is 19.8 Å². The van der Waals surface area contributed by atoms with Crippen LogP contribution in [0, 0.1) is 24.1 Å². The first-order chi connectivity index (χ1) is 21.0. The molecule has 5 heterocycles. The van der Waals surface area contributed by atoms with Gasteiger partial charge in [0.2, 0.25) is 5.91 Å². The number of nitriles is 1. The Bertz CT molecular complexity index is 1750. The second-order valence-electron chi connectivity index (χ2n) is 12.3. The molecule has 0 atom stereocenters. The van der Waals surface area contributed by atoms with E-state index in [0.29, 0.717) is 47.3 Å². The van der Waals surface area contributed by atoms with Gasteiger partial charge in [0.25, 0.3) is 0 Å². The molecular weight excluding hydrogens is 579 g/mol. The average Bonchev–Trinajstić information content (AvgIpc) is 3.58. The third-order valence-corrected chi connectivity index (χ3v) is 9.72. The number of imidazole rings is 1. The molecule has 0 bridgehead atoms. The number of pyridine rings is 1. The van der Waals surface area contributed by atoms with Crippen LogP contribution in [0.4, 0.5) is 21.0 Å². The molecule has 2 fully saturated rings. The van der Waals surface area contributed by atoms with E-state index in [1.165, 1.54) is 23.5 Å². The van der Waals surface area contributed by atoms with Crippen molar-refractivity contribution in [2.45, 2.75) is 45.8 Å². The molecule has 0 spiro atoms. The van der Waals surface area contributed by atoms with Gasteiger partial charge in [-0.05, 0) is 63.1 Å². The van der Waals surface area contributed by atoms with Crippen LogP contribution in [-0.4, -0.2) is 93.1 Å². The third-order valence-electron chi connectivity index (χ3n) is 8.69. The summed E-state index contributed by atoms with van der Waals surface area (Å²) in [5, 5.41) is 20.1. The van der Waals surface area contributed by atoms with Crippen LogP contribution < -0.4 is 9.80 Å². The molecule has 12 heteroatoms. The molecule has 2 aliphatic heterocycles. The van der Waals surface area contributed by atoms with Crippen molar-refractivity contribution in [2.75, 3.05) is 56.1 Å². The van der Waals surface area contributed by atoms with E-state index in [-0.39, 0.29) is 17.3 Å². The Morgan fingerprint density at radius 1 is 1.23 bits per heavy atom. The fraction of sp³-hybridized carbons (Fsp3) is 0.438. The maximum absolute atomic E-state index is 13.6. The van der Waals surface area contributed by atoms with Crippen molar-refractivity contribution in [3.05, 3.63) is 58.5 Å². The zero-order valence-electron chi connectivity index (χ0n) is 25.7. The highest BCUT2D eigenvalue weighted by molar-refractivity contribution is 7.16.